The lowest BCUT2D eigenvalue weighted by Gasteiger charge is -2.06. The fraction of sp³-hybridized carbons (Fsp3) is 0.150. The van der Waals surface area contributed by atoms with Crippen LogP contribution < -0.4 is 0 Å². The molecule has 3 rings (SSSR count). The molecule has 0 bridgehead atoms. The first kappa shape index (κ1) is 17.2. The van der Waals surface area contributed by atoms with Crippen molar-refractivity contribution in [2.24, 2.45) is 4.99 Å². The topological polar surface area (TPSA) is 45.6 Å². The predicted octanol–water partition coefficient (Wildman–Crippen LogP) is 4.57. The number of thioether (sulfide) groups is 1. The lowest BCUT2D eigenvalue weighted by molar-refractivity contribution is -0.121. The van der Waals surface area contributed by atoms with E-state index < -0.39 is 0 Å². The van der Waals surface area contributed by atoms with Gasteiger partial charge in [0.1, 0.15) is 0 Å². The Kier molecular flexibility index (Phi) is 5.14. The molecular formula is C20H19N3OS. The first-order chi connectivity index (χ1) is 12.0. The Hall–Kier alpha value is -2.66. The average molecular weight is 349 g/mol. The van der Waals surface area contributed by atoms with Crippen molar-refractivity contribution in [3.05, 3.63) is 76.3 Å². The number of carbonyl (C=O) groups is 1. The van der Waals surface area contributed by atoms with Crippen LogP contribution in [0.5, 0.6) is 0 Å². The fourth-order valence-electron chi connectivity index (χ4n) is 2.40. The molecule has 1 saturated heterocycles. The van der Waals surface area contributed by atoms with E-state index in [-0.39, 0.29) is 5.91 Å². The summed E-state index contributed by atoms with van der Waals surface area (Å²) in [4.78, 5) is 23.6. The van der Waals surface area contributed by atoms with Gasteiger partial charge in [-0.2, -0.15) is 0 Å². The van der Waals surface area contributed by atoms with Crippen molar-refractivity contribution in [2.75, 3.05) is 7.05 Å². The van der Waals surface area contributed by atoms with Crippen LogP contribution in [-0.2, 0) is 4.79 Å². The van der Waals surface area contributed by atoms with Crippen LogP contribution in [0.3, 0.4) is 0 Å². The third-order valence-electron chi connectivity index (χ3n) is 3.64. The highest BCUT2D eigenvalue weighted by Gasteiger charge is 2.30. The van der Waals surface area contributed by atoms with E-state index in [9.17, 15) is 4.79 Å². The number of hydrogen-bond donors (Lipinski definition) is 0. The zero-order valence-corrected chi connectivity index (χ0v) is 15.2. The zero-order valence-electron chi connectivity index (χ0n) is 14.4. The molecule has 2 aromatic rings. The number of allylic oxidation sites excluding steroid dienone is 2. The number of aromatic nitrogens is 1. The third-order valence-corrected chi connectivity index (χ3v) is 4.70. The normalized spacial score (nSPS) is 18.4. The van der Waals surface area contributed by atoms with Crippen LogP contribution in [0.4, 0.5) is 5.82 Å². The van der Waals surface area contributed by atoms with Gasteiger partial charge in [0.15, 0.2) is 11.0 Å². The quantitative estimate of drug-likeness (QED) is 0.763. The van der Waals surface area contributed by atoms with Crippen LogP contribution in [0.25, 0.3) is 6.08 Å². The second kappa shape index (κ2) is 7.49. The Labute approximate surface area is 152 Å². The maximum Gasteiger partial charge on any atom is 0.266 e. The Morgan fingerprint density at radius 3 is 2.64 bits per heavy atom. The van der Waals surface area contributed by atoms with Crippen LogP contribution in [0.2, 0.25) is 0 Å². The summed E-state index contributed by atoms with van der Waals surface area (Å²) in [5, 5.41) is 0.641. The predicted molar refractivity (Wildman–Crippen MR) is 105 cm³/mol. The van der Waals surface area contributed by atoms with Gasteiger partial charge in [-0.1, -0.05) is 42.5 Å². The number of amides is 1. The first-order valence-electron chi connectivity index (χ1n) is 7.96. The summed E-state index contributed by atoms with van der Waals surface area (Å²) < 4.78 is 0. The van der Waals surface area contributed by atoms with Crippen LogP contribution in [0.1, 0.15) is 18.2 Å². The Morgan fingerprint density at radius 1 is 1.16 bits per heavy atom. The maximum absolute atomic E-state index is 12.5. The molecule has 0 unspecified atom stereocenters. The molecule has 0 spiro atoms. The lowest BCUT2D eigenvalue weighted by Crippen LogP contribution is -2.23. The van der Waals surface area contributed by atoms with Gasteiger partial charge >= 0.3 is 0 Å². The molecule has 0 aliphatic carbocycles. The van der Waals surface area contributed by atoms with Crippen molar-refractivity contribution in [3.8, 4) is 0 Å². The van der Waals surface area contributed by atoms with Crippen molar-refractivity contribution in [3.63, 3.8) is 0 Å². The second-order valence-electron chi connectivity index (χ2n) is 5.81. The molecule has 0 saturated carbocycles. The highest BCUT2D eigenvalue weighted by atomic mass is 32.2. The molecule has 126 valence electrons. The summed E-state index contributed by atoms with van der Waals surface area (Å²) in [5.74, 6) is 0.567. The second-order valence-corrected chi connectivity index (χ2v) is 6.81. The van der Waals surface area contributed by atoms with Gasteiger partial charge in [-0.3, -0.25) is 9.69 Å². The molecule has 25 heavy (non-hydrogen) atoms. The molecule has 1 aromatic carbocycles. The van der Waals surface area contributed by atoms with E-state index in [2.05, 4.69) is 16.1 Å². The van der Waals surface area contributed by atoms with Gasteiger partial charge in [0, 0.05) is 12.7 Å². The van der Waals surface area contributed by atoms with E-state index in [1.807, 2.05) is 68.5 Å². The number of hydrogen-bond acceptors (Lipinski definition) is 4. The van der Waals surface area contributed by atoms with Gasteiger partial charge in [-0.05, 0) is 55.0 Å². The number of nitrogens with zero attached hydrogens (tertiary/aromatic N) is 3. The Morgan fingerprint density at radius 2 is 1.92 bits per heavy atom. The minimum Gasteiger partial charge on any atom is -0.289 e. The summed E-state index contributed by atoms with van der Waals surface area (Å²) in [6.45, 7) is 3.91. The largest absolute Gasteiger partial charge is 0.289 e. The minimum atomic E-state index is -0.0442. The van der Waals surface area contributed by atoms with E-state index in [1.165, 1.54) is 11.8 Å². The molecule has 0 N–H and O–H groups in total. The lowest BCUT2D eigenvalue weighted by atomic mass is 10.1. The average Bonchev–Trinajstić information content (AvgIpc) is 2.84. The molecule has 1 amide bonds. The zero-order chi connectivity index (χ0) is 17.8. The molecule has 0 atom stereocenters. The van der Waals surface area contributed by atoms with Crippen LogP contribution in [-0.4, -0.2) is 28.0 Å². The molecule has 1 aliphatic heterocycles. The molecule has 1 fully saturated rings. The van der Waals surface area contributed by atoms with Crippen molar-refractivity contribution < 1.29 is 4.79 Å². The Balaban J connectivity index is 1.84. The molecule has 1 aliphatic rings. The number of amidine groups is 1. The number of benzene rings is 1. The molecule has 2 heterocycles. The minimum absolute atomic E-state index is 0.0442. The summed E-state index contributed by atoms with van der Waals surface area (Å²) >= 11 is 1.37. The molecule has 0 radical (unpaired) electrons. The first-order valence-corrected chi connectivity index (χ1v) is 8.78. The van der Waals surface area contributed by atoms with Crippen molar-refractivity contribution in [2.45, 2.75) is 13.8 Å². The molecule has 1 aromatic heterocycles. The molecule has 5 heteroatoms. The van der Waals surface area contributed by atoms with E-state index >= 15 is 0 Å². The number of aliphatic imine (C=N–C) groups is 1. The van der Waals surface area contributed by atoms with E-state index in [4.69, 9.17) is 0 Å². The van der Waals surface area contributed by atoms with E-state index in [0.717, 1.165) is 16.8 Å². The highest BCUT2D eigenvalue weighted by molar-refractivity contribution is 8.18. The van der Waals surface area contributed by atoms with Gasteiger partial charge in [0.2, 0.25) is 0 Å². The Bertz CT molecular complexity index is 885. The number of rotatable bonds is 3. The standard InChI is InChI=1S/C20H19N3OS/c1-14(12-16-9-5-4-6-10-16)13-17-19(24)23(3)20(25-17)22-18-11-7-8-15(2)21-18/h4-13H,1-3H3/b14-12+,17-13-,22-20+. The fourth-order valence-corrected chi connectivity index (χ4v) is 3.43. The van der Waals surface area contributed by atoms with E-state index in [1.54, 1.807) is 11.9 Å². The number of pyridine rings is 1. The van der Waals surface area contributed by atoms with E-state index in [0.29, 0.717) is 15.9 Å². The highest BCUT2D eigenvalue weighted by Crippen LogP contribution is 2.32. The number of carbonyl (C=O) groups excluding carboxylic acids is 1. The smallest absolute Gasteiger partial charge is 0.266 e. The van der Waals surface area contributed by atoms with Gasteiger partial charge in [0.05, 0.1) is 4.91 Å². The summed E-state index contributed by atoms with van der Waals surface area (Å²) in [6, 6.07) is 15.7. The van der Waals surface area contributed by atoms with Crippen LogP contribution in [0.15, 0.2) is 70.1 Å². The summed E-state index contributed by atoms with van der Waals surface area (Å²) in [5.41, 5.74) is 3.03. The number of aryl methyl sites for hydroxylation is 1. The van der Waals surface area contributed by atoms with Crippen molar-refractivity contribution in [1.82, 2.24) is 9.88 Å². The van der Waals surface area contributed by atoms with Crippen molar-refractivity contribution in [1.29, 1.82) is 0 Å². The van der Waals surface area contributed by atoms with Gasteiger partial charge in [-0.15, -0.1) is 0 Å². The van der Waals surface area contributed by atoms with Gasteiger partial charge < -0.3 is 0 Å². The van der Waals surface area contributed by atoms with Gasteiger partial charge in [0.25, 0.3) is 5.91 Å². The SMILES string of the molecule is CC(/C=C1\S/C(=N/c2cccc(C)n2)N(C)C1=O)=C\c1ccccc1. The monoisotopic (exact) mass is 349 g/mol. The third kappa shape index (κ3) is 4.25. The molecule has 4 nitrogen and oxygen atoms in total. The summed E-state index contributed by atoms with van der Waals surface area (Å²) in [7, 11) is 1.74. The number of likely N-dealkylation sites (N-methyl/N-ethyl adjacent to an activating group) is 1. The van der Waals surface area contributed by atoms with Crippen LogP contribution >= 0.6 is 11.8 Å². The molecular weight excluding hydrogens is 330 g/mol. The van der Waals surface area contributed by atoms with Crippen LogP contribution in [0, 0.1) is 6.92 Å². The maximum atomic E-state index is 12.5. The van der Waals surface area contributed by atoms with Crippen molar-refractivity contribution >= 4 is 34.7 Å². The van der Waals surface area contributed by atoms with Gasteiger partial charge in [-0.25, -0.2) is 9.98 Å². The summed E-state index contributed by atoms with van der Waals surface area (Å²) in [6.07, 6.45) is 3.96.